The molecule has 0 atom stereocenters. The van der Waals surface area contributed by atoms with Crippen molar-refractivity contribution >= 4 is 22.8 Å². The number of carbonyl (C=O) groups is 2. The first-order valence-corrected chi connectivity index (χ1v) is 11.5. The number of aliphatic hydroxyl groups is 1. The highest BCUT2D eigenvalue weighted by molar-refractivity contribution is 5.98. The van der Waals surface area contributed by atoms with Crippen LogP contribution in [0.2, 0.25) is 0 Å². The van der Waals surface area contributed by atoms with Crippen molar-refractivity contribution in [1.82, 2.24) is 19.4 Å². The van der Waals surface area contributed by atoms with E-state index in [-0.39, 0.29) is 41.7 Å². The third-order valence-electron chi connectivity index (χ3n) is 7.08. The molecule has 2 saturated carbocycles. The van der Waals surface area contributed by atoms with Gasteiger partial charge in [0.15, 0.2) is 11.6 Å². The second-order valence-electron chi connectivity index (χ2n) is 9.31. The number of alkyl halides is 2. The monoisotopic (exact) mass is 462 g/mol. The minimum atomic E-state index is -2.99. The molecule has 1 saturated heterocycles. The number of fused-ring (bicyclic) bond motifs is 1. The number of carbonyl (C=O) groups excluding carboxylic acids is 2. The normalized spacial score (nSPS) is 24.1. The number of hydrogen-bond acceptors (Lipinski definition) is 5. The second kappa shape index (κ2) is 8.55. The molecule has 10 heteroatoms. The fraction of sp³-hybridized carbons (Fsp3) is 0.609. The highest BCUT2D eigenvalue weighted by Crippen LogP contribution is 2.43. The van der Waals surface area contributed by atoms with Gasteiger partial charge in [0.1, 0.15) is 12.1 Å². The zero-order valence-electron chi connectivity index (χ0n) is 18.5. The molecule has 1 aromatic carbocycles. The molecule has 2 amide bonds. The summed E-state index contributed by atoms with van der Waals surface area (Å²) in [7, 11) is 1.68. The van der Waals surface area contributed by atoms with Crippen LogP contribution in [0, 0.1) is 0 Å². The van der Waals surface area contributed by atoms with Gasteiger partial charge in [0.2, 0.25) is 5.91 Å². The average molecular weight is 462 g/mol. The lowest BCUT2D eigenvalue weighted by atomic mass is 9.91. The van der Waals surface area contributed by atoms with Gasteiger partial charge in [0.05, 0.1) is 11.6 Å². The van der Waals surface area contributed by atoms with E-state index in [0.29, 0.717) is 37.4 Å². The Kier molecular flexibility index (Phi) is 5.72. The zero-order valence-corrected chi connectivity index (χ0v) is 18.5. The highest BCUT2D eigenvalue weighted by atomic mass is 19.3. The Labute approximate surface area is 190 Å². The van der Waals surface area contributed by atoms with E-state index < -0.39 is 12.5 Å². The molecule has 3 aliphatic rings. The molecule has 3 fully saturated rings. The zero-order chi connectivity index (χ0) is 23.3. The van der Waals surface area contributed by atoms with Gasteiger partial charge in [-0.2, -0.15) is 8.78 Å². The Balaban J connectivity index is 1.37. The standard InChI is InChI=1S/C23H28F2N4O4/c1-27-17-10-14(13-2-3-13)11-18(33-23(24)25)20(17)26-21(27)22(32)28-8-9-29(19(31)12-28)15-4-6-16(30)7-5-15/h10-11,13,15-16,23,30H,2-9,12H2,1H3/t15-,16-. The maximum absolute atomic E-state index is 13.3. The Morgan fingerprint density at radius 2 is 1.88 bits per heavy atom. The average Bonchev–Trinajstić information content (AvgIpc) is 3.58. The van der Waals surface area contributed by atoms with Crippen LogP contribution in [0.5, 0.6) is 5.75 Å². The summed E-state index contributed by atoms with van der Waals surface area (Å²) in [5.41, 5.74) is 1.68. The minimum Gasteiger partial charge on any atom is -0.432 e. The van der Waals surface area contributed by atoms with E-state index in [0.717, 1.165) is 31.2 Å². The number of nitrogens with zero attached hydrogens (tertiary/aromatic N) is 4. The molecule has 0 spiro atoms. The smallest absolute Gasteiger partial charge is 0.387 e. The number of aryl methyl sites for hydroxylation is 1. The number of rotatable bonds is 5. The molecule has 1 aliphatic heterocycles. The highest BCUT2D eigenvalue weighted by Gasteiger charge is 2.35. The number of amides is 2. The van der Waals surface area contributed by atoms with E-state index in [1.54, 1.807) is 17.7 Å². The third-order valence-corrected chi connectivity index (χ3v) is 7.08. The molecule has 1 N–H and O–H groups in total. The Morgan fingerprint density at radius 3 is 2.52 bits per heavy atom. The molecule has 178 valence electrons. The van der Waals surface area contributed by atoms with E-state index in [1.807, 2.05) is 11.0 Å². The predicted octanol–water partition coefficient (Wildman–Crippen LogP) is 2.64. The quantitative estimate of drug-likeness (QED) is 0.738. The fourth-order valence-electron chi connectivity index (χ4n) is 5.06. The van der Waals surface area contributed by atoms with Crippen molar-refractivity contribution in [3.05, 3.63) is 23.5 Å². The predicted molar refractivity (Wildman–Crippen MR) is 115 cm³/mol. The minimum absolute atomic E-state index is 0.0283. The summed E-state index contributed by atoms with van der Waals surface area (Å²) in [6, 6.07) is 3.58. The molecule has 33 heavy (non-hydrogen) atoms. The van der Waals surface area contributed by atoms with E-state index in [9.17, 15) is 23.5 Å². The van der Waals surface area contributed by atoms with E-state index in [2.05, 4.69) is 4.98 Å². The number of aromatic nitrogens is 2. The number of piperazine rings is 1. The van der Waals surface area contributed by atoms with Gasteiger partial charge in [-0.1, -0.05) is 0 Å². The molecular weight excluding hydrogens is 434 g/mol. The molecular formula is C23H28F2N4O4. The Morgan fingerprint density at radius 1 is 1.15 bits per heavy atom. The summed E-state index contributed by atoms with van der Waals surface area (Å²) >= 11 is 0. The maximum Gasteiger partial charge on any atom is 0.387 e. The summed E-state index contributed by atoms with van der Waals surface area (Å²) in [6.45, 7) is -2.23. The molecule has 5 rings (SSSR count). The van der Waals surface area contributed by atoms with Crippen molar-refractivity contribution in [3.63, 3.8) is 0 Å². The van der Waals surface area contributed by atoms with Crippen LogP contribution in [0.15, 0.2) is 12.1 Å². The van der Waals surface area contributed by atoms with Gasteiger partial charge in [0, 0.05) is 26.2 Å². The number of aliphatic hydroxyl groups excluding tert-OH is 1. The van der Waals surface area contributed by atoms with Crippen molar-refractivity contribution in [2.24, 2.45) is 7.05 Å². The van der Waals surface area contributed by atoms with Crippen LogP contribution < -0.4 is 4.74 Å². The number of benzene rings is 1. The van der Waals surface area contributed by atoms with E-state index >= 15 is 0 Å². The van der Waals surface area contributed by atoms with Crippen molar-refractivity contribution in [2.75, 3.05) is 19.6 Å². The topological polar surface area (TPSA) is 87.9 Å². The number of hydrogen-bond donors (Lipinski definition) is 1. The fourth-order valence-corrected chi connectivity index (χ4v) is 5.06. The van der Waals surface area contributed by atoms with Crippen LogP contribution in [0.4, 0.5) is 8.78 Å². The van der Waals surface area contributed by atoms with E-state index in [1.165, 1.54) is 4.90 Å². The Bertz CT molecular complexity index is 1080. The van der Waals surface area contributed by atoms with Gasteiger partial charge < -0.3 is 24.2 Å². The molecule has 1 aromatic heterocycles. The number of halogens is 2. The van der Waals surface area contributed by atoms with Crippen LogP contribution in [0.25, 0.3) is 11.0 Å². The van der Waals surface area contributed by atoms with Gasteiger partial charge in [0.25, 0.3) is 5.91 Å². The van der Waals surface area contributed by atoms with E-state index in [4.69, 9.17) is 4.74 Å². The summed E-state index contributed by atoms with van der Waals surface area (Å²) in [5, 5.41) is 9.72. The number of ether oxygens (including phenoxy) is 1. The lowest BCUT2D eigenvalue weighted by molar-refractivity contribution is -0.138. The van der Waals surface area contributed by atoms with Crippen LogP contribution in [-0.2, 0) is 11.8 Å². The lowest BCUT2D eigenvalue weighted by Gasteiger charge is -2.41. The van der Waals surface area contributed by atoms with Gasteiger partial charge in [-0.25, -0.2) is 4.98 Å². The van der Waals surface area contributed by atoms with Crippen molar-refractivity contribution < 1.29 is 28.2 Å². The molecule has 8 nitrogen and oxygen atoms in total. The molecule has 0 radical (unpaired) electrons. The first kappa shape index (κ1) is 22.1. The van der Waals surface area contributed by atoms with Gasteiger partial charge in [-0.3, -0.25) is 9.59 Å². The van der Waals surface area contributed by atoms with Crippen LogP contribution >= 0.6 is 0 Å². The number of imidazole rings is 1. The van der Waals surface area contributed by atoms with Gasteiger partial charge >= 0.3 is 6.61 Å². The molecule has 0 bridgehead atoms. The van der Waals surface area contributed by atoms with Crippen molar-refractivity contribution in [3.8, 4) is 5.75 Å². The van der Waals surface area contributed by atoms with Crippen molar-refractivity contribution in [2.45, 2.75) is 63.2 Å². The summed E-state index contributed by atoms with van der Waals surface area (Å²) < 4.78 is 32.4. The van der Waals surface area contributed by atoms with Crippen LogP contribution in [-0.4, -0.2) is 74.7 Å². The van der Waals surface area contributed by atoms with Gasteiger partial charge in [-0.15, -0.1) is 0 Å². The first-order chi connectivity index (χ1) is 15.8. The SMILES string of the molecule is Cn1c(C(=O)N2CCN([C@H]3CC[C@H](O)CC3)C(=O)C2)nc2c(OC(F)F)cc(C3CC3)cc21. The molecule has 2 heterocycles. The lowest BCUT2D eigenvalue weighted by Crippen LogP contribution is -2.56. The molecule has 2 aromatic rings. The summed E-state index contributed by atoms with van der Waals surface area (Å²) in [4.78, 5) is 33.7. The van der Waals surface area contributed by atoms with Crippen LogP contribution in [0.1, 0.15) is 60.6 Å². The molecule has 0 unspecified atom stereocenters. The second-order valence-corrected chi connectivity index (χ2v) is 9.31. The third kappa shape index (κ3) is 4.28. The summed E-state index contributed by atoms with van der Waals surface area (Å²) in [5.74, 6) is -0.141. The summed E-state index contributed by atoms with van der Waals surface area (Å²) in [6.07, 6.45) is 4.59. The van der Waals surface area contributed by atoms with Crippen LogP contribution in [0.3, 0.4) is 0 Å². The molecule has 2 aliphatic carbocycles. The first-order valence-electron chi connectivity index (χ1n) is 11.5. The van der Waals surface area contributed by atoms with Gasteiger partial charge in [-0.05, 0) is 62.1 Å². The van der Waals surface area contributed by atoms with Crippen molar-refractivity contribution in [1.29, 1.82) is 0 Å². The Hall–Kier alpha value is -2.75. The maximum atomic E-state index is 13.3. The largest absolute Gasteiger partial charge is 0.432 e.